The van der Waals surface area contributed by atoms with Crippen molar-refractivity contribution in [1.82, 2.24) is 14.6 Å². The van der Waals surface area contributed by atoms with Crippen molar-refractivity contribution in [3.05, 3.63) is 66.5 Å². The van der Waals surface area contributed by atoms with E-state index in [2.05, 4.69) is 10.4 Å². The predicted octanol–water partition coefficient (Wildman–Crippen LogP) is 3.39. The van der Waals surface area contributed by atoms with Crippen molar-refractivity contribution >= 4 is 17.1 Å². The van der Waals surface area contributed by atoms with Crippen LogP contribution in [0.3, 0.4) is 0 Å². The van der Waals surface area contributed by atoms with Gasteiger partial charge in [0, 0.05) is 7.05 Å². The van der Waals surface area contributed by atoms with Crippen molar-refractivity contribution in [3.8, 4) is 0 Å². The SMILES string of the molecule is CC(c1ccccc1)N(C)C(=O)Nn1cnc2ccccc21. The summed E-state index contributed by atoms with van der Waals surface area (Å²) >= 11 is 0. The maximum Gasteiger partial charge on any atom is 0.336 e. The monoisotopic (exact) mass is 294 g/mol. The van der Waals surface area contributed by atoms with E-state index in [4.69, 9.17) is 0 Å². The molecule has 0 spiro atoms. The van der Waals surface area contributed by atoms with Crippen LogP contribution in [0.15, 0.2) is 60.9 Å². The van der Waals surface area contributed by atoms with Gasteiger partial charge in [-0.15, -0.1) is 0 Å². The van der Waals surface area contributed by atoms with Crippen molar-refractivity contribution < 1.29 is 4.79 Å². The molecule has 0 saturated heterocycles. The normalized spacial score (nSPS) is 12.1. The first-order valence-electron chi connectivity index (χ1n) is 7.17. The molecule has 112 valence electrons. The highest BCUT2D eigenvalue weighted by molar-refractivity contribution is 5.85. The standard InChI is InChI=1S/C17H18N4O/c1-13(14-8-4-3-5-9-14)20(2)17(22)19-21-12-18-15-10-6-7-11-16(15)21/h3-13H,1-2H3,(H,19,22). The Kier molecular flexibility index (Phi) is 3.78. The molecule has 1 atom stereocenters. The van der Waals surface area contributed by atoms with E-state index in [1.807, 2.05) is 61.5 Å². The van der Waals surface area contributed by atoms with E-state index in [1.165, 1.54) is 0 Å². The molecule has 1 heterocycles. The van der Waals surface area contributed by atoms with E-state index in [0.29, 0.717) is 0 Å². The molecule has 5 nitrogen and oxygen atoms in total. The van der Waals surface area contributed by atoms with Crippen LogP contribution in [-0.4, -0.2) is 27.6 Å². The summed E-state index contributed by atoms with van der Waals surface area (Å²) in [7, 11) is 1.78. The minimum absolute atomic E-state index is 0.0176. The number of para-hydroxylation sites is 2. The third-order valence-electron chi connectivity index (χ3n) is 3.85. The van der Waals surface area contributed by atoms with E-state index in [-0.39, 0.29) is 12.1 Å². The molecule has 2 aromatic carbocycles. The number of carbonyl (C=O) groups excluding carboxylic acids is 1. The van der Waals surface area contributed by atoms with Crippen LogP contribution in [0.5, 0.6) is 0 Å². The second kappa shape index (κ2) is 5.89. The van der Waals surface area contributed by atoms with Gasteiger partial charge in [-0.05, 0) is 24.6 Å². The van der Waals surface area contributed by atoms with Crippen LogP contribution in [0.2, 0.25) is 0 Å². The van der Waals surface area contributed by atoms with Gasteiger partial charge in [-0.2, -0.15) is 0 Å². The quantitative estimate of drug-likeness (QED) is 0.805. The summed E-state index contributed by atoms with van der Waals surface area (Å²) in [6.07, 6.45) is 1.61. The third-order valence-corrected chi connectivity index (χ3v) is 3.85. The molecule has 1 aromatic heterocycles. The highest BCUT2D eigenvalue weighted by Gasteiger charge is 2.17. The number of carbonyl (C=O) groups is 1. The molecule has 2 amide bonds. The number of nitrogens with zero attached hydrogens (tertiary/aromatic N) is 3. The predicted molar refractivity (Wildman–Crippen MR) is 87.1 cm³/mol. The third kappa shape index (κ3) is 2.65. The fourth-order valence-electron chi connectivity index (χ4n) is 2.36. The number of imidazole rings is 1. The minimum atomic E-state index is -0.181. The van der Waals surface area contributed by atoms with Gasteiger partial charge in [-0.1, -0.05) is 42.5 Å². The summed E-state index contributed by atoms with van der Waals surface area (Å²) in [5.41, 5.74) is 5.67. The van der Waals surface area contributed by atoms with E-state index in [9.17, 15) is 4.79 Å². The van der Waals surface area contributed by atoms with Crippen molar-refractivity contribution in [1.29, 1.82) is 0 Å². The zero-order valence-electron chi connectivity index (χ0n) is 12.6. The maximum absolute atomic E-state index is 12.4. The molecule has 5 heteroatoms. The molecular weight excluding hydrogens is 276 g/mol. The second-order valence-electron chi connectivity index (χ2n) is 5.22. The van der Waals surface area contributed by atoms with Crippen molar-refractivity contribution in [3.63, 3.8) is 0 Å². The highest BCUT2D eigenvalue weighted by atomic mass is 16.2. The van der Waals surface area contributed by atoms with E-state index >= 15 is 0 Å². The van der Waals surface area contributed by atoms with Gasteiger partial charge < -0.3 is 4.90 Å². The lowest BCUT2D eigenvalue weighted by molar-refractivity contribution is 0.205. The van der Waals surface area contributed by atoms with Crippen molar-refractivity contribution in [2.75, 3.05) is 12.5 Å². The fraction of sp³-hybridized carbons (Fsp3) is 0.176. The number of fused-ring (bicyclic) bond motifs is 1. The van der Waals surface area contributed by atoms with E-state index < -0.39 is 0 Å². The molecule has 22 heavy (non-hydrogen) atoms. The fourth-order valence-corrected chi connectivity index (χ4v) is 2.36. The number of aromatic nitrogens is 2. The lowest BCUT2D eigenvalue weighted by Crippen LogP contribution is -2.37. The Labute approximate surface area is 129 Å². The molecule has 0 radical (unpaired) electrons. The van der Waals surface area contributed by atoms with E-state index in [1.54, 1.807) is 23.0 Å². The summed E-state index contributed by atoms with van der Waals surface area (Å²) in [4.78, 5) is 18.4. The molecule has 1 N–H and O–H groups in total. The van der Waals surface area contributed by atoms with Gasteiger partial charge in [-0.3, -0.25) is 0 Å². The van der Waals surface area contributed by atoms with Crippen LogP contribution in [-0.2, 0) is 0 Å². The van der Waals surface area contributed by atoms with Gasteiger partial charge >= 0.3 is 6.03 Å². The van der Waals surface area contributed by atoms with Gasteiger partial charge in [0.2, 0.25) is 0 Å². The van der Waals surface area contributed by atoms with Gasteiger partial charge in [0.15, 0.2) is 0 Å². The average molecular weight is 294 g/mol. The zero-order valence-corrected chi connectivity index (χ0v) is 12.6. The number of hydrogen-bond donors (Lipinski definition) is 1. The molecule has 0 aliphatic carbocycles. The molecule has 0 bridgehead atoms. The first-order chi connectivity index (χ1) is 10.7. The molecule has 3 aromatic rings. The number of benzene rings is 2. The topological polar surface area (TPSA) is 50.2 Å². The number of urea groups is 1. The van der Waals surface area contributed by atoms with Crippen molar-refractivity contribution in [2.45, 2.75) is 13.0 Å². The highest BCUT2D eigenvalue weighted by Crippen LogP contribution is 2.18. The van der Waals surface area contributed by atoms with Gasteiger partial charge in [-0.25, -0.2) is 19.9 Å². The largest absolute Gasteiger partial charge is 0.336 e. The summed E-state index contributed by atoms with van der Waals surface area (Å²) in [6.45, 7) is 2.00. The first-order valence-corrected chi connectivity index (χ1v) is 7.17. The smallest absolute Gasteiger partial charge is 0.320 e. The number of nitrogens with one attached hydrogen (secondary N) is 1. The zero-order chi connectivity index (χ0) is 15.5. The van der Waals surface area contributed by atoms with Gasteiger partial charge in [0.1, 0.15) is 6.33 Å². The first kappa shape index (κ1) is 14.1. The van der Waals surface area contributed by atoms with E-state index in [0.717, 1.165) is 16.6 Å². The summed E-state index contributed by atoms with van der Waals surface area (Å²) < 4.78 is 1.64. The van der Waals surface area contributed by atoms with Gasteiger partial charge in [0.25, 0.3) is 0 Å². The lowest BCUT2D eigenvalue weighted by atomic mass is 10.1. The maximum atomic E-state index is 12.4. The van der Waals surface area contributed by atoms with Crippen molar-refractivity contribution in [2.24, 2.45) is 0 Å². The number of hydrogen-bond acceptors (Lipinski definition) is 2. The Balaban J connectivity index is 1.76. The molecule has 0 aliphatic heterocycles. The van der Waals surface area contributed by atoms with Gasteiger partial charge in [0.05, 0.1) is 17.1 Å². The molecular formula is C17H18N4O. The molecule has 0 fully saturated rings. The Bertz CT molecular complexity index is 781. The Hall–Kier alpha value is -2.82. The molecule has 3 rings (SSSR count). The lowest BCUT2D eigenvalue weighted by Gasteiger charge is -2.25. The minimum Gasteiger partial charge on any atom is -0.320 e. The van der Waals surface area contributed by atoms with Crippen LogP contribution < -0.4 is 5.43 Å². The molecule has 0 saturated carbocycles. The summed E-state index contributed by atoms with van der Waals surface area (Å²) in [5.74, 6) is 0. The van der Waals surface area contributed by atoms with Crippen LogP contribution in [0.25, 0.3) is 11.0 Å². The summed E-state index contributed by atoms with van der Waals surface area (Å²) in [6, 6.07) is 17.4. The second-order valence-corrected chi connectivity index (χ2v) is 5.22. The Morgan fingerprint density at radius 2 is 1.82 bits per heavy atom. The van der Waals surface area contributed by atoms with Crippen LogP contribution in [0.4, 0.5) is 4.79 Å². The molecule has 0 aliphatic rings. The van der Waals surface area contributed by atoms with Crippen LogP contribution >= 0.6 is 0 Å². The van der Waals surface area contributed by atoms with Crippen LogP contribution in [0, 0.1) is 0 Å². The number of rotatable bonds is 3. The average Bonchev–Trinajstić information content (AvgIpc) is 2.97. The Morgan fingerprint density at radius 3 is 2.59 bits per heavy atom. The summed E-state index contributed by atoms with van der Waals surface area (Å²) in [5, 5.41) is 0. The Morgan fingerprint density at radius 1 is 1.14 bits per heavy atom. The van der Waals surface area contributed by atoms with Crippen LogP contribution in [0.1, 0.15) is 18.5 Å². The number of amides is 2. The molecule has 1 unspecified atom stereocenters.